The first kappa shape index (κ1) is 14.0. The Morgan fingerprint density at radius 2 is 1.80 bits per heavy atom. The summed E-state index contributed by atoms with van der Waals surface area (Å²) in [7, 11) is 1.97. The Labute approximate surface area is 117 Å². The van der Waals surface area contributed by atoms with E-state index in [1.54, 1.807) is 0 Å². The molecule has 0 saturated carbocycles. The summed E-state index contributed by atoms with van der Waals surface area (Å²) in [4.78, 5) is 20.8. The molecule has 1 heterocycles. The number of aromatic nitrogens is 2. The number of carboxylic acid groups (broad SMARTS) is 1. The number of benzene rings is 1. The van der Waals surface area contributed by atoms with Gasteiger partial charge in [0.1, 0.15) is 0 Å². The summed E-state index contributed by atoms with van der Waals surface area (Å²) >= 11 is 0. The second-order valence-electron chi connectivity index (χ2n) is 4.90. The molecule has 0 atom stereocenters. The summed E-state index contributed by atoms with van der Waals surface area (Å²) in [6.45, 7) is 4.70. The van der Waals surface area contributed by atoms with E-state index >= 15 is 0 Å². The van der Waals surface area contributed by atoms with Crippen LogP contribution in [-0.2, 0) is 6.54 Å². The van der Waals surface area contributed by atoms with Gasteiger partial charge in [0.2, 0.25) is 0 Å². The van der Waals surface area contributed by atoms with Gasteiger partial charge in [-0.05, 0) is 37.1 Å². The first-order valence-corrected chi connectivity index (χ1v) is 6.29. The molecular formula is C15H17N3O2. The molecule has 104 valence electrons. The lowest BCUT2D eigenvalue weighted by molar-refractivity contribution is 0.0690. The fourth-order valence-corrected chi connectivity index (χ4v) is 2.05. The van der Waals surface area contributed by atoms with E-state index in [1.165, 1.54) is 23.5 Å². The molecule has 0 aliphatic rings. The first-order chi connectivity index (χ1) is 9.45. The maximum Gasteiger partial charge on any atom is 0.356 e. The summed E-state index contributed by atoms with van der Waals surface area (Å²) in [5.74, 6) is -1.06. The van der Waals surface area contributed by atoms with Gasteiger partial charge in [0, 0.05) is 12.7 Å². The number of anilines is 1. The molecule has 0 amide bonds. The van der Waals surface area contributed by atoms with Crippen molar-refractivity contribution in [1.82, 2.24) is 9.97 Å². The number of aromatic carboxylic acids is 1. The number of hydrogen-bond donors (Lipinski definition) is 1. The van der Waals surface area contributed by atoms with E-state index in [-0.39, 0.29) is 5.69 Å². The second-order valence-corrected chi connectivity index (χ2v) is 4.90. The molecule has 1 aromatic heterocycles. The molecule has 2 rings (SSSR count). The van der Waals surface area contributed by atoms with E-state index in [0.29, 0.717) is 6.54 Å². The average molecular weight is 271 g/mol. The monoisotopic (exact) mass is 271 g/mol. The predicted molar refractivity (Wildman–Crippen MR) is 77.0 cm³/mol. The first-order valence-electron chi connectivity index (χ1n) is 6.29. The Bertz CT molecular complexity index is 603. The molecule has 0 radical (unpaired) electrons. The third kappa shape index (κ3) is 3.32. The minimum Gasteiger partial charge on any atom is -0.476 e. The van der Waals surface area contributed by atoms with Crippen LogP contribution in [0.2, 0.25) is 0 Å². The predicted octanol–water partition coefficient (Wildman–Crippen LogP) is 2.43. The Morgan fingerprint density at radius 1 is 1.15 bits per heavy atom. The van der Waals surface area contributed by atoms with Gasteiger partial charge >= 0.3 is 5.97 Å². The molecule has 0 fully saturated rings. The fourth-order valence-electron chi connectivity index (χ4n) is 2.05. The number of carboxylic acids is 1. The van der Waals surface area contributed by atoms with E-state index < -0.39 is 5.97 Å². The molecule has 1 aromatic carbocycles. The van der Waals surface area contributed by atoms with Gasteiger partial charge in [-0.15, -0.1) is 0 Å². The van der Waals surface area contributed by atoms with Gasteiger partial charge in [-0.2, -0.15) is 0 Å². The van der Waals surface area contributed by atoms with Gasteiger partial charge in [-0.3, -0.25) is 4.98 Å². The van der Waals surface area contributed by atoms with Crippen molar-refractivity contribution >= 4 is 11.7 Å². The average Bonchev–Trinajstić information content (AvgIpc) is 2.38. The molecule has 0 saturated heterocycles. The third-order valence-electron chi connectivity index (χ3n) is 2.97. The maximum atomic E-state index is 10.7. The van der Waals surface area contributed by atoms with Crippen molar-refractivity contribution in [1.29, 1.82) is 0 Å². The number of nitrogens with zero attached hydrogens (tertiary/aromatic N) is 3. The Balaban J connectivity index is 2.14. The maximum absolute atomic E-state index is 10.7. The highest BCUT2D eigenvalue weighted by molar-refractivity contribution is 5.84. The zero-order chi connectivity index (χ0) is 14.7. The van der Waals surface area contributed by atoms with Gasteiger partial charge < -0.3 is 10.0 Å². The molecule has 0 aliphatic carbocycles. The largest absolute Gasteiger partial charge is 0.476 e. The van der Waals surface area contributed by atoms with Crippen molar-refractivity contribution in [3.8, 4) is 0 Å². The Morgan fingerprint density at radius 3 is 2.30 bits per heavy atom. The van der Waals surface area contributed by atoms with Crippen LogP contribution in [0.15, 0.2) is 30.6 Å². The van der Waals surface area contributed by atoms with Crippen LogP contribution < -0.4 is 4.90 Å². The van der Waals surface area contributed by atoms with Gasteiger partial charge in [0.25, 0.3) is 0 Å². The standard InChI is InChI=1S/C15H17N3O2/c1-10-4-11(2)6-13(5-10)18(3)9-12-7-17-14(8-16-12)15(19)20/h4-8H,9H2,1-3H3,(H,19,20). The zero-order valence-electron chi connectivity index (χ0n) is 11.8. The SMILES string of the molecule is Cc1cc(C)cc(N(C)Cc2cnc(C(=O)O)cn2)c1. The van der Waals surface area contributed by atoms with Crippen LogP contribution in [0.4, 0.5) is 5.69 Å². The van der Waals surface area contributed by atoms with Gasteiger partial charge in [-0.1, -0.05) is 6.07 Å². The van der Waals surface area contributed by atoms with Crippen LogP contribution in [0.3, 0.4) is 0 Å². The Kier molecular flexibility index (Phi) is 3.98. The molecule has 0 spiro atoms. The van der Waals surface area contributed by atoms with Crippen LogP contribution in [0.1, 0.15) is 27.3 Å². The van der Waals surface area contributed by atoms with Crippen molar-refractivity contribution in [3.05, 3.63) is 53.1 Å². The lowest BCUT2D eigenvalue weighted by Crippen LogP contribution is -2.18. The zero-order valence-corrected chi connectivity index (χ0v) is 11.8. The number of hydrogen-bond acceptors (Lipinski definition) is 4. The summed E-state index contributed by atoms with van der Waals surface area (Å²) in [5.41, 5.74) is 4.21. The molecule has 0 aliphatic heterocycles. The summed E-state index contributed by atoms with van der Waals surface area (Å²) < 4.78 is 0. The summed E-state index contributed by atoms with van der Waals surface area (Å²) in [5, 5.41) is 8.78. The lowest BCUT2D eigenvalue weighted by Gasteiger charge is -2.20. The topological polar surface area (TPSA) is 66.3 Å². The van der Waals surface area contributed by atoms with Crippen LogP contribution in [0, 0.1) is 13.8 Å². The summed E-state index contributed by atoms with van der Waals surface area (Å²) in [6, 6.07) is 6.33. The highest BCUT2D eigenvalue weighted by atomic mass is 16.4. The van der Waals surface area contributed by atoms with Crippen molar-refractivity contribution in [3.63, 3.8) is 0 Å². The second kappa shape index (κ2) is 5.69. The van der Waals surface area contributed by atoms with E-state index in [9.17, 15) is 4.79 Å². The van der Waals surface area contributed by atoms with Crippen LogP contribution >= 0.6 is 0 Å². The van der Waals surface area contributed by atoms with E-state index in [4.69, 9.17) is 5.11 Å². The minimum atomic E-state index is -1.06. The molecule has 0 bridgehead atoms. The number of carbonyl (C=O) groups is 1. The molecule has 0 unspecified atom stereocenters. The van der Waals surface area contributed by atoms with Gasteiger partial charge in [-0.25, -0.2) is 9.78 Å². The molecule has 1 N–H and O–H groups in total. The Hall–Kier alpha value is -2.43. The lowest BCUT2D eigenvalue weighted by atomic mass is 10.1. The van der Waals surface area contributed by atoms with E-state index in [1.807, 2.05) is 7.05 Å². The van der Waals surface area contributed by atoms with Crippen molar-refractivity contribution < 1.29 is 9.90 Å². The van der Waals surface area contributed by atoms with Crippen LogP contribution in [-0.4, -0.2) is 28.1 Å². The van der Waals surface area contributed by atoms with Gasteiger partial charge in [0.15, 0.2) is 5.69 Å². The van der Waals surface area contributed by atoms with Crippen molar-refractivity contribution in [2.24, 2.45) is 0 Å². The molecule has 2 aromatic rings. The van der Waals surface area contributed by atoms with Crippen molar-refractivity contribution in [2.45, 2.75) is 20.4 Å². The number of rotatable bonds is 4. The van der Waals surface area contributed by atoms with E-state index in [0.717, 1.165) is 11.4 Å². The molecule has 5 heteroatoms. The normalized spacial score (nSPS) is 10.3. The molecular weight excluding hydrogens is 254 g/mol. The smallest absolute Gasteiger partial charge is 0.356 e. The highest BCUT2D eigenvalue weighted by Gasteiger charge is 2.08. The quantitative estimate of drug-likeness (QED) is 0.925. The highest BCUT2D eigenvalue weighted by Crippen LogP contribution is 2.18. The van der Waals surface area contributed by atoms with Crippen LogP contribution in [0.5, 0.6) is 0 Å². The number of aryl methyl sites for hydroxylation is 2. The van der Waals surface area contributed by atoms with E-state index in [2.05, 4.69) is 46.9 Å². The third-order valence-corrected chi connectivity index (χ3v) is 2.97. The van der Waals surface area contributed by atoms with Gasteiger partial charge in [0.05, 0.1) is 24.6 Å². The fraction of sp³-hybridized carbons (Fsp3) is 0.267. The molecule has 5 nitrogen and oxygen atoms in total. The summed E-state index contributed by atoms with van der Waals surface area (Å²) in [6.07, 6.45) is 2.79. The molecule has 20 heavy (non-hydrogen) atoms. The van der Waals surface area contributed by atoms with Crippen LogP contribution in [0.25, 0.3) is 0 Å². The van der Waals surface area contributed by atoms with Crippen molar-refractivity contribution in [2.75, 3.05) is 11.9 Å². The minimum absolute atomic E-state index is 0.0391.